The molecule has 0 aromatic heterocycles. The number of rotatable bonds is 5. The molecule has 3 N–H and O–H groups in total. The van der Waals surface area contributed by atoms with Gasteiger partial charge in [-0.05, 0) is 17.5 Å². The highest BCUT2D eigenvalue weighted by molar-refractivity contribution is 5.74. The fourth-order valence-electron chi connectivity index (χ4n) is 2.19. The monoisotopic (exact) mass is 255 g/mol. The second-order valence-corrected chi connectivity index (χ2v) is 4.57. The first-order chi connectivity index (χ1) is 9.18. The van der Waals surface area contributed by atoms with E-state index in [1.807, 2.05) is 60.7 Å². The smallest absolute Gasteiger partial charge is 0.321 e. The molecule has 2 unspecified atom stereocenters. The maximum absolute atomic E-state index is 11.2. The summed E-state index contributed by atoms with van der Waals surface area (Å²) in [5, 5.41) is 9.17. The number of hydrogen-bond donors (Lipinski definition) is 2. The molecule has 0 radical (unpaired) electrons. The minimum atomic E-state index is -0.968. The average Bonchev–Trinajstić information content (AvgIpc) is 2.46. The molecule has 0 aliphatic carbocycles. The molecule has 3 heteroatoms. The average molecular weight is 255 g/mol. The standard InChI is InChI=1S/C16H17NO2/c17-15(16(18)19)14(13-9-5-2-6-10-13)11-12-7-3-1-4-8-12/h1-10,14-15H,11,17H2,(H,18,19). The van der Waals surface area contributed by atoms with Crippen molar-refractivity contribution < 1.29 is 9.90 Å². The van der Waals surface area contributed by atoms with Crippen molar-refractivity contribution in [2.24, 2.45) is 5.73 Å². The largest absolute Gasteiger partial charge is 0.480 e. The van der Waals surface area contributed by atoms with Gasteiger partial charge in [0.15, 0.2) is 0 Å². The summed E-state index contributed by atoms with van der Waals surface area (Å²) in [6.45, 7) is 0. The van der Waals surface area contributed by atoms with E-state index in [4.69, 9.17) is 10.8 Å². The van der Waals surface area contributed by atoms with Crippen molar-refractivity contribution in [2.75, 3.05) is 0 Å². The molecule has 0 heterocycles. The lowest BCUT2D eigenvalue weighted by Crippen LogP contribution is -2.37. The number of carboxylic acid groups (broad SMARTS) is 1. The summed E-state index contributed by atoms with van der Waals surface area (Å²) < 4.78 is 0. The molecule has 0 fully saturated rings. The van der Waals surface area contributed by atoms with Gasteiger partial charge in [0, 0.05) is 5.92 Å². The fraction of sp³-hybridized carbons (Fsp3) is 0.188. The third-order valence-corrected chi connectivity index (χ3v) is 3.24. The third kappa shape index (κ3) is 3.42. The topological polar surface area (TPSA) is 63.3 Å². The number of aliphatic carboxylic acids is 1. The zero-order valence-electron chi connectivity index (χ0n) is 10.6. The summed E-state index contributed by atoms with van der Waals surface area (Å²) in [7, 11) is 0. The minimum absolute atomic E-state index is 0.221. The Morgan fingerprint density at radius 2 is 1.53 bits per heavy atom. The number of carboxylic acids is 1. The highest BCUT2D eigenvalue weighted by Crippen LogP contribution is 2.23. The van der Waals surface area contributed by atoms with Gasteiger partial charge in [-0.1, -0.05) is 60.7 Å². The molecule has 0 bridgehead atoms. The van der Waals surface area contributed by atoms with Crippen LogP contribution in [0.4, 0.5) is 0 Å². The second-order valence-electron chi connectivity index (χ2n) is 4.57. The third-order valence-electron chi connectivity index (χ3n) is 3.24. The summed E-state index contributed by atoms with van der Waals surface area (Å²) in [5.74, 6) is -1.19. The van der Waals surface area contributed by atoms with Crippen molar-refractivity contribution in [3.8, 4) is 0 Å². The van der Waals surface area contributed by atoms with Crippen LogP contribution in [-0.2, 0) is 11.2 Å². The molecule has 0 saturated heterocycles. The van der Waals surface area contributed by atoms with Gasteiger partial charge in [0.2, 0.25) is 0 Å². The van der Waals surface area contributed by atoms with Gasteiger partial charge in [-0.15, -0.1) is 0 Å². The maximum Gasteiger partial charge on any atom is 0.321 e. The highest BCUT2D eigenvalue weighted by atomic mass is 16.4. The summed E-state index contributed by atoms with van der Waals surface area (Å²) >= 11 is 0. The maximum atomic E-state index is 11.2. The molecule has 0 aliphatic rings. The van der Waals surface area contributed by atoms with E-state index in [1.165, 1.54) is 0 Å². The molecule has 0 saturated carbocycles. The van der Waals surface area contributed by atoms with Crippen molar-refractivity contribution in [1.82, 2.24) is 0 Å². The van der Waals surface area contributed by atoms with E-state index in [2.05, 4.69) is 0 Å². The van der Waals surface area contributed by atoms with E-state index in [1.54, 1.807) is 0 Å². The van der Waals surface area contributed by atoms with E-state index in [-0.39, 0.29) is 5.92 Å². The summed E-state index contributed by atoms with van der Waals surface area (Å²) in [4.78, 5) is 11.2. The van der Waals surface area contributed by atoms with Gasteiger partial charge in [0.05, 0.1) is 0 Å². The van der Waals surface area contributed by atoms with Crippen molar-refractivity contribution in [3.63, 3.8) is 0 Å². The number of nitrogens with two attached hydrogens (primary N) is 1. The predicted octanol–water partition coefficient (Wildman–Crippen LogP) is 2.42. The van der Waals surface area contributed by atoms with Crippen LogP contribution >= 0.6 is 0 Å². The Kier molecular flexibility index (Phi) is 4.31. The highest BCUT2D eigenvalue weighted by Gasteiger charge is 2.25. The number of carbonyl (C=O) groups is 1. The van der Waals surface area contributed by atoms with Gasteiger partial charge in [-0.2, -0.15) is 0 Å². The Labute approximate surface area is 112 Å². The molecule has 98 valence electrons. The molecule has 2 aromatic carbocycles. The van der Waals surface area contributed by atoms with Crippen LogP contribution in [0, 0.1) is 0 Å². The first-order valence-electron chi connectivity index (χ1n) is 6.25. The van der Waals surface area contributed by atoms with Gasteiger partial charge in [0.25, 0.3) is 0 Å². The van der Waals surface area contributed by atoms with Gasteiger partial charge in [-0.3, -0.25) is 4.79 Å². The Balaban J connectivity index is 2.27. The molecular formula is C16H17NO2. The van der Waals surface area contributed by atoms with Crippen molar-refractivity contribution >= 4 is 5.97 Å². The van der Waals surface area contributed by atoms with Crippen LogP contribution in [0.1, 0.15) is 17.0 Å². The quantitative estimate of drug-likeness (QED) is 0.862. The van der Waals surface area contributed by atoms with Crippen molar-refractivity contribution in [2.45, 2.75) is 18.4 Å². The summed E-state index contributed by atoms with van der Waals surface area (Å²) in [6, 6.07) is 18.5. The van der Waals surface area contributed by atoms with Crippen LogP contribution in [0.5, 0.6) is 0 Å². The van der Waals surface area contributed by atoms with Crippen LogP contribution in [0.15, 0.2) is 60.7 Å². The molecule has 19 heavy (non-hydrogen) atoms. The van der Waals surface area contributed by atoms with Gasteiger partial charge in [0.1, 0.15) is 6.04 Å². The predicted molar refractivity (Wildman–Crippen MR) is 74.9 cm³/mol. The first-order valence-corrected chi connectivity index (χ1v) is 6.25. The lowest BCUT2D eigenvalue weighted by molar-refractivity contribution is -0.139. The Bertz CT molecular complexity index is 525. The van der Waals surface area contributed by atoms with E-state index in [0.29, 0.717) is 6.42 Å². The molecule has 0 aliphatic heterocycles. The van der Waals surface area contributed by atoms with Crippen molar-refractivity contribution in [3.05, 3.63) is 71.8 Å². The van der Waals surface area contributed by atoms with Gasteiger partial charge < -0.3 is 10.8 Å². The molecule has 2 aromatic rings. The van der Waals surface area contributed by atoms with E-state index >= 15 is 0 Å². The van der Waals surface area contributed by atoms with Crippen LogP contribution in [0.25, 0.3) is 0 Å². The normalized spacial score (nSPS) is 13.7. The minimum Gasteiger partial charge on any atom is -0.480 e. The molecule has 3 nitrogen and oxygen atoms in total. The van der Waals surface area contributed by atoms with E-state index in [9.17, 15) is 4.79 Å². The summed E-state index contributed by atoms with van der Waals surface area (Å²) in [5.41, 5.74) is 7.89. The Morgan fingerprint density at radius 3 is 2.05 bits per heavy atom. The Hall–Kier alpha value is -2.13. The lowest BCUT2D eigenvalue weighted by atomic mass is 9.86. The zero-order valence-corrected chi connectivity index (χ0v) is 10.6. The van der Waals surface area contributed by atoms with E-state index in [0.717, 1.165) is 11.1 Å². The molecule has 0 amide bonds. The second kappa shape index (κ2) is 6.16. The first kappa shape index (κ1) is 13.3. The molecular weight excluding hydrogens is 238 g/mol. The fourth-order valence-corrected chi connectivity index (χ4v) is 2.19. The molecule has 0 spiro atoms. The number of hydrogen-bond acceptors (Lipinski definition) is 2. The van der Waals surface area contributed by atoms with Crippen LogP contribution in [0.3, 0.4) is 0 Å². The van der Waals surface area contributed by atoms with Crippen LogP contribution < -0.4 is 5.73 Å². The zero-order chi connectivity index (χ0) is 13.7. The number of benzene rings is 2. The van der Waals surface area contributed by atoms with Crippen LogP contribution in [-0.4, -0.2) is 17.1 Å². The van der Waals surface area contributed by atoms with Gasteiger partial charge >= 0.3 is 5.97 Å². The molecule has 2 rings (SSSR count). The SMILES string of the molecule is NC(C(=O)O)C(Cc1ccccc1)c1ccccc1. The van der Waals surface area contributed by atoms with Crippen molar-refractivity contribution in [1.29, 1.82) is 0 Å². The molecule has 2 atom stereocenters. The Morgan fingerprint density at radius 1 is 1.00 bits per heavy atom. The summed E-state index contributed by atoms with van der Waals surface area (Å²) in [6.07, 6.45) is 0.623. The van der Waals surface area contributed by atoms with Crippen LogP contribution in [0.2, 0.25) is 0 Å². The van der Waals surface area contributed by atoms with E-state index < -0.39 is 12.0 Å². The lowest BCUT2D eigenvalue weighted by Gasteiger charge is -2.21. The van der Waals surface area contributed by atoms with Gasteiger partial charge in [-0.25, -0.2) is 0 Å².